The van der Waals surface area contributed by atoms with E-state index in [1.807, 2.05) is 22.7 Å². The highest BCUT2D eigenvalue weighted by molar-refractivity contribution is 7.99. The molecule has 6 heteroatoms. The Morgan fingerprint density at radius 3 is 2.88 bits per heavy atom. The molecule has 2 saturated heterocycles. The zero-order chi connectivity index (χ0) is 16.8. The SMILES string of the molecule is C[C@H]1CCN(C(=O)NCc2ccccc2N2CCOCC2)CCS1. The number of hydrogen-bond donors (Lipinski definition) is 1. The van der Waals surface area contributed by atoms with E-state index in [1.54, 1.807) is 0 Å². The van der Waals surface area contributed by atoms with Gasteiger partial charge in [0.2, 0.25) is 0 Å². The highest BCUT2D eigenvalue weighted by Gasteiger charge is 2.19. The van der Waals surface area contributed by atoms with E-state index < -0.39 is 0 Å². The molecule has 0 bridgehead atoms. The van der Waals surface area contributed by atoms with E-state index in [0.717, 1.165) is 51.6 Å². The Morgan fingerprint density at radius 1 is 1.25 bits per heavy atom. The number of para-hydroxylation sites is 1. The van der Waals surface area contributed by atoms with Crippen molar-refractivity contribution in [2.24, 2.45) is 0 Å². The minimum atomic E-state index is 0.0569. The molecule has 2 heterocycles. The molecule has 1 aromatic carbocycles. The van der Waals surface area contributed by atoms with Crippen molar-refractivity contribution in [2.75, 3.05) is 50.0 Å². The van der Waals surface area contributed by atoms with Gasteiger partial charge in [0.1, 0.15) is 0 Å². The van der Waals surface area contributed by atoms with Crippen LogP contribution in [0.4, 0.5) is 10.5 Å². The summed E-state index contributed by atoms with van der Waals surface area (Å²) in [5.41, 5.74) is 2.38. The Morgan fingerprint density at radius 2 is 2.04 bits per heavy atom. The van der Waals surface area contributed by atoms with Gasteiger partial charge >= 0.3 is 6.03 Å². The maximum Gasteiger partial charge on any atom is 0.317 e. The number of carbonyl (C=O) groups excluding carboxylic acids is 1. The summed E-state index contributed by atoms with van der Waals surface area (Å²) < 4.78 is 5.44. The fourth-order valence-electron chi connectivity index (χ4n) is 3.16. The second kappa shape index (κ2) is 8.62. The molecule has 0 aromatic heterocycles. The fraction of sp³-hybridized carbons (Fsp3) is 0.611. The lowest BCUT2D eigenvalue weighted by molar-refractivity contribution is 0.122. The van der Waals surface area contributed by atoms with E-state index in [4.69, 9.17) is 4.74 Å². The predicted molar refractivity (Wildman–Crippen MR) is 99.8 cm³/mol. The van der Waals surface area contributed by atoms with Crippen LogP contribution in [0.5, 0.6) is 0 Å². The lowest BCUT2D eigenvalue weighted by Gasteiger charge is -2.31. The van der Waals surface area contributed by atoms with E-state index in [9.17, 15) is 4.79 Å². The topological polar surface area (TPSA) is 44.8 Å². The van der Waals surface area contributed by atoms with Crippen molar-refractivity contribution in [3.05, 3.63) is 29.8 Å². The average molecular weight is 350 g/mol. The highest BCUT2D eigenvalue weighted by atomic mass is 32.2. The average Bonchev–Trinajstić information content (AvgIpc) is 2.85. The van der Waals surface area contributed by atoms with Gasteiger partial charge in [0, 0.05) is 49.4 Å². The predicted octanol–water partition coefficient (Wildman–Crippen LogP) is 2.56. The normalized spacial score (nSPS) is 22.1. The molecular weight excluding hydrogens is 322 g/mol. The number of rotatable bonds is 3. The third-order valence-corrected chi connectivity index (χ3v) is 5.85. The van der Waals surface area contributed by atoms with Crippen LogP contribution in [-0.4, -0.2) is 61.3 Å². The Hall–Kier alpha value is -1.40. The summed E-state index contributed by atoms with van der Waals surface area (Å²) in [6.07, 6.45) is 1.07. The zero-order valence-corrected chi connectivity index (χ0v) is 15.2. The first-order chi connectivity index (χ1) is 11.7. The van der Waals surface area contributed by atoms with Crippen molar-refractivity contribution in [3.8, 4) is 0 Å². The van der Waals surface area contributed by atoms with Crippen LogP contribution in [0, 0.1) is 0 Å². The molecule has 1 atom stereocenters. The number of urea groups is 1. The number of nitrogens with one attached hydrogen (secondary N) is 1. The molecule has 2 aliphatic rings. The first-order valence-electron chi connectivity index (χ1n) is 8.79. The molecule has 0 radical (unpaired) electrons. The minimum absolute atomic E-state index is 0.0569. The van der Waals surface area contributed by atoms with Crippen LogP contribution in [0.1, 0.15) is 18.9 Å². The van der Waals surface area contributed by atoms with Gasteiger partial charge in [-0.2, -0.15) is 11.8 Å². The quantitative estimate of drug-likeness (QED) is 0.911. The van der Waals surface area contributed by atoms with Gasteiger partial charge < -0.3 is 19.9 Å². The van der Waals surface area contributed by atoms with Gasteiger partial charge in [-0.3, -0.25) is 0 Å². The number of benzene rings is 1. The summed E-state index contributed by atoms with van der Waals surface area (Å²) in [7, 11) is 0. The maximum absolute atomic E-state index is 12.5. The third kappa shape index (κ3) is 4.57. The maximum atomic E-state index is 12.5. The smallest absolute Gasteiger partial charge is 0.317 e. The monoisotopic (exact) mass is 349 g/mol. The van der Waals surface area contributed by atoms with Crippen LogP contribution in [0.25, 0.3) is 0 Å². The van der Waals surface area contributed by atoms with Crippen LogP contribution in [0.3, 0.4) is 0 Å². The second-order valence-corrected chi connectivity index (χ2v) is 7.89. The van der Waals surface area contributed by atoms with Gasteiger partial charge in [0.15, 0.2) is 0 Å². The Balaban J connectivity index is 1.59. The van der Waals surface area contributed by atoms with Crippen LogP contribution in [-0.2, 0) is 11.3 Å². The van der Waals surface area contributed by atoms with Crippen LogP contribution >= 0.6 is 11.8 Å². The van der Waals surface area contributed by atoms with Crippen molar-refractivity contribution in [2.45, 2.75) is 25.1 Å². The summed E-state index contributed by atoms with van der Waals surface area (Å²) in [5, 5.41) is 3.75. The molecule has 24 heavy (non-hydrogen) atoms. The lowest BCUT2D eigenvalue weighted by atomic mass is 10.1. The molecule has 1 aromatic rings. The van der Waals surface area contributed by atoms with Crippen molar-refractivity contribution in [3.63, 3.8) is 0 Å². The van der Waals surface area contributed by atoms with Crippen molar-refractivity contribution in [1.29, 1.82) is 0 Å². The molecule has 5 nitrogen and oxygen atoms in total. The molecule has 0 saturated carbocycles. The first kappa shape index (κ1) is 17.4. The molecule has 2 aliphatic heterocycles. The lowest BCUT2D eigenvalue weighted by Crippen LogP contribution is -2.41. The first-order valence-corrected chi connectivity index (χ1v) is 9.84. The molecular formula is C18H27N3O2S. The van der Waals surface area contributed by atoms with Gasteiger partial charge in [-0.05, 0) is 18.1 Å². The molecule has 132 valence electrons. The Labute approximate surface area is 148 Å². The van der Waals surface area contributed by atoms with Gasteiger partial charge in [-0.1, -0.05) is 25.1 Å². The van der Waals surface area contributed by atoms with Crippen LogP contribution in [0.2, 0.25) is 0 Å². The van der Waals surface area contributed by atoms with E-state index in [-0.39, 0.29) is 6.03 Å². The largest absolute Gasteiger partial charge is 0.378 e. The van der Waals surface area contributed by atoms with Crippen molar-refractivity contribution >= 4 is 23.5 Å². The standard InChI is InChI=1S/C18H27N3O2S/c1-15-6-7-21(10-13-24-15)18(22)19-14-16-4-2-3-5-17(16)20-8-11-23-12-9-20/h2-5,15H,6-14H2,1H3,(H,19,22)/t15-/m0/s1. The molecule has 3 rings (SSSR count). The number of amides is 2. The molecule has 2 amide bonds. The van der Waals surface area contributed by atoms with Crippen LogP contribution in [0.15, 0.2) is 24.3 Å². The minimum Gasteiger partial charge on any atom is -0.378 e. The van der Waals surface area contributed by atoms with E-state index in [1.165, 1.54) is 11.3 Å². The summed E-state index contributed by atoms with van der Waals surface area (Å²) >= 11 is 1.96. The molecule has 0 unspecified atom stereocenters. The summed E-state index contributed by atoms with van der Waals surface area (Å²) in [6, 6.07) is 8.39. The van der Waals surface area contributed by atoms with Crippen LogP contribution < -0.4 is 10.2 Å². The number of morpholine rings is 1. The van der Waals surface area contributed by atoms with E-state index in [0.29, 0.717) is 11.8 Å². The number of hydrogen-bond acceptors (Lipinski definition) is 4. The van der Waals surface area contributed by atoms with E-state index >= 15 is 0 Å². The summed E-state index contributed by atoms with van der Waals surface area (Å²) in [5.74, 6) is 1.03. The molecule has 2 fully saturated rings. The summed E-state index contributed by atoms with van der Waals surface area (Å²) in [6.45, 7) is 7.86. The Bertz CT molecular complexity index is 549. The third-order valence-electron chi connectivity index (χ3n) is 4.63. The number of anilines is 1. The number of thioether (sulfide) groups is 1. The molecule has 0 aliphatic carbocycles. The van der Waals surface area contributed by atoms with Crippen molar-refractivity contribution in [1.82, 2.24) is 10.2 Å². The number of ether oxygens (including phenoxy) is 1. The molecule has 0 spiro atoms. The van der Waals surface area contributed by atoms with E-state index in [2.05, 4.69) is 35.3 Å². The molecule has 1 N–H and O–H groups in total. The van der Waals surface area contributed by atoms with Gasteiger partial charge in [0.25, 0.3) is 0 Å². The number of carbonyl (C=O) groups is 1. The zero-order valence-electron chi connectivity index (χ0n) is 14.4. The van der Waals surface area contributed by atoms with Crippen molar-refractivity contribution < 1.29 is 9.53 Å². The second-order valence-electron chi connectivity index (χ2n) is 6.34. The summed E-state index contributed by atoms with van der Waals surface area (Å²) in [4.78, 5) is 16.8. The highest BCUT2D eigenvalue weighted by Crippen LogP contribution is 2.22. The van der Waals surface area contributed by atoms with Gasteiger partial charge in [-0.25, -0.2) is 4.79 Å². The fourth-order valence-corrected chi connectivity index (χ4v) is 4.16. The van der Waals surface area contributed by atoms with Gasteiger partial charge in [0.05, 0.1) is 13.2 Å². The van der Waals surface area contributed by atoms with Gasteiger partial charge in [-0.15, -0.1) is 0 Å². The Kier molecular flexibility index (Phi) is 6.26. The number of nitrogens with zero attached hydrogens (tertiary/aromatic N) is 2.